The standard InChI is InChI=1S/C13H16N2O3/c1-8-3-5-10(6-4-8)11-7-15(13(18)14-11)9(2)12(16)17/h3-6,9,11H,7H2,1-2H3,(H,14,18)(H,16,17). The van der Waals surface area contributed by atoms with Crippen molar-refractivity contribution in [1.29, 1.82) is 0 Å². The lowest BCUT2D eigenvalue weighted by Gasteiger charge is -2.19. The van der Waals surface area contributed by atoms with E-state index in [0.29, 0.717) is 6.54 Å². The lowest BCUT2D eigenvalue weighted by molar-refractivity contribution is -0.141. The van der Waals surface area contributed by atoms with Crippen LogP contribution in [0.15, 0.2) is 24.3 Å². The zero-order valence-electron chi connectivity index (χ0n) is 10.4. The second kappa shape index (κ2) is 4.68. The summed E-state index contributed by atoms with van der Waals surface area (Å²) >= 11 is 0. The Morgan fingerprint density at radius 1 is 1.44 bits per heavy atom. The molecular formula is C13H16N2O3. The molecular weight excluding hydrogens is 232 g/mol. The normalized spacial score (nSPS) is 20.7. The Labute approximate surface area is 105 Å². The third kappa shape index (κ3) is 2.30. The van der Waals surface area contributed by atoms with Crippen molar-refractivity contribution in [1.82, 2.24) is 10.2 Å². The van der Waals surface area contributed by atoms with Gasteiger partial charge in [0.25, 0.3) is 0 Å². The van der Waals surface area contributed by atoms with Crippen molar-refractivity contribution in [3.63, 3.8) is 0 Å². The largest absolute Gasteiger partial charge is 0.480 e. The van der Waals surface area contributed by atoms with E-state index in [1.807, 2.05) is 31.2 Å². The molecule has 0 bridgehead atoms. The van der Waals surface area contributed by atoms with Crippen molar-refractivity contribution < 1.29 is 14.7 Å². The molecule has 1 saturated heterocycles. The average Bonchev–Trinajstić information content (AvgIpc) is 2.71. The van der Waals surface area contributed by atoms with Crippen LogP contribution in [-0.4, -0.2) is 34.6 Å². The second-order valence-corrected chi connectivity index (χ2v) is 4.58. The topological polar surface area (TPSA) is 69.6 Å². The van der Waals surface area contributed by atoms with Gasteiger partial charge >= 0.3 is 12.0 Å². The van der Waals surface area contributed by atoms with Crippen LogP contribution >= 0.6 is 0 Å². The first-order chi connectivity index (χ1) is 8.49. The maximum atomic E-state index is 11.7. The first-order valence-electron chi connectivity index (χ1n) is 5.85. The van der Waals surface area contributed by atoms with Gasteiger partial charge in [0.15, 0.2) is 0 Å². The van der Waals surface area contributed by atoms with Gasteiger partial charge in [0.05, 0.1) is 6.04 Å². The SMILES string of the molecule is Cc1ccc(C2CN(C(C)C(=O)O)C(=O)N2)cc1. The second-order valence-electron chi connectivity index (χ2n) is 4.58. The van der Waals surface area contributed by atoms with Gasteiger partial charge in [0.1, 0.15) is 6.04 Å². The summed E-state index contributed by atoms with van der Waals surface area (Å²) in [6.07, 6.45) is 0. The molecule has 2 unspecified atom stereocenters. The van der Waals surface area contributed by atoms with Gasteiger partial charge in [-0.25, -0.2) is 9.59 Å². The molecule has 0 aliphatic carbocycles. The van der Waals surface area contributed by atoms with Crippen molar-refractivity contribution in [3.05, 3.63) is 35.4 Å². The van der Waals surface area contributed by atoms with E-state index in [9.17, 15) is 9.59 Å². The van der Waals surface area contributed by atoms with Crippen molar-refractivity contribution in [2.45, 2.75) is 25.9 Å². The lowest BCUT2D eigenvalue weighted by atomic mass is 10.1. The van der Waals surface area contributed by atoms with Crippen molar-refractivity contribution in [2.24, 2.45) is 0 Å². The quantitative estimate of drug-likeness (QED) is 0.852. The van der Waals surface area contributed by atoms with Gasteiger partial charge < -0.3 is 15.3 Å². The van der Waals surface area contributed by atoms with Crippen LogP contribution in [0.4, 0.5) is 4.79 Å². The Bertz CT molecular complexity index is 470. The highest BCUT2D eigenvalue weighted by molar-refractivity contribution is 5.84. The summed E-state index contributed by atoms with van der Waals surface area (Å²) in [6, 6.07) is 6.59. The highest BCUT2D eigenvalue weighted by atomic mass is 16.4. The minimum atomic E-state index is -0.991. The van der Waals surface area contributed by atoms with Crippen LogP contribution in [-0.2, 0) is 4.79 Å². The number of carbonyl (C=O) groups excluding carboxylic acids is 1. The van der Waals surface area contributed by atoms with Gasteiger partial charge in [-0.15, -0.1) is 0 Å². The number of amides is 2. The highest BCUT2D eigenvalue weighted by Crippen LogP contribution is 2.22. The van der Waals surface area contributed by atoms with Crippen LogP contribution < -0.4 is 5.32 Å². The third-order valence-electron chi connectivity index (χ3n) is 3.24. The minimum absolute atomic E-state index is 0.139. The average molecular weight is 248 g/mol. The number of nitrogens with zero attached hydrogens (tertiary/aromatic N) is 1. The van der Waals surface area contributed by atoms with E-state index in [1.54, 1.807) is 0 Å². The number of benzene rings is 1. The molecule has 1 aromatic rings. The number of carboxylic acid groups (broad SMARTS) is 1. The number of hydrogen-bond acceptors (Lipinski definition) is 2. The van der Waals surface area contributed by atoms with Crippen LogP contribution in [0.5, 0.6) is 0 Å². The molecule has 5 heteroatoms. The Morgan fingerprint density at radius 3 is 2.61 bits per heavy atom. The number of rotatable bonds is 3. The van der Waals surface area contributed by atoms with E-state index in [2.05, 4.69) is 5.32 Å². The van der Waals surface area contributed by atoms with Crippen LogP contribution in [0.2, 0.25) is 0 Å². The Balaban J connectivity index is 2.13. The number of nitrogens with one attached hydrogen (secondary N) is 1. The van der Waals surface area contributed by atoms with E-state index in [1.165, 1.54) is 11.8 Å². The smallest absolute Gasteiger partial charge is 0.326 e. The zero-order chi connectivity index (χ0) is 13.3. The molecule has 5 nitrogen and oxygen atoms in total. The molecule has 0 spiro atoms. The summed E-state index contributed by atoms with van der Waals surface area (Å²) in [4.78, 5) is 24.0. The van der Waals surface area contributed by atoms with Crippen LogP contribution in [0, 0.1) is 6.92 Å². The molecule has 0 saturated carbocycles. The van der Waals surface area contributed by atoms with Gasteiger partial charge in [0.2, 0.25) is 0 Å². The summed E-state index contributed by atoms with van der Waals surface area (Å²) in [5.74, 6) is -0.991. The van der Waals surface area contributed by atoms with E-state index in [4.69, 9.17) is 5.11 Å². The summed E-state index contributed by atoms with van der Waals surface area (Å²) in [6.45, 7) is 3.89. The Morgan fingerprint density at radius 2 is 2.06 bits per heavy atom. The fraction of sp³-hybridized carbons (Fsp3) is 0.385. The summed E-state index contributed by atoms with van der Waals surface area (Å²) < 4.78 is 0. The molecule has 1 aliphatic rings. The molecule has 2 atom stereocenters. The van der Waals surface area contributed by atoms with Gasteiger partial charge in [-0.3, -0.25) is 0 Å². The number of aryl methyl sites for hydroxylation is 1. The van der Waals surface area contributed by atoms with Gasteiger partial charge in [-0.05, 0) is 19.4 Å². The first kappa shape index (κ1) is 12.4. The van der Waals surface area contributed by atoms with Crippen molar-refractivity contribution >= 4 is 12.0 Å². The molecule has 2 rings (SSSR count). The molecule has 2 amide bonds. The summed E-state index contributed by atoms with van der Waals surface area (Å²) in [7, 11) is 0. The van der Waals surface area contributed by atoms with E-state index < -0.39 is 12.0 Å². The molecule has 18 heavy (non-hydrogen) atoms. The molecule has 0 aromatic heterocycles. The number of aliphatic carboxylic acids is 1. The molecule has 1 fully saturated rings. The van der Waals surface area contributed by atoms with Crippen LogP contribution in [0.1, 0.15) is 24.1 Å². The van der Waals surface area contributed by atoms with Crippen molar-refractivity contribution in [3.8, 4) is 0 Å². The number of carboxylic acids is 1. The summed E-state index contributed by atoms with van der Waals surface area (Å²) in [5, 5.41) is 11.7. The molecule has 0 radical (unpaired) electrons. The van der Waals surface area contributed by atoms with Crippen molar-refractivity contribution in [2.75, 3.05) is 6.54 Å². The molecule has 96 valence electrons. The van der Waals surface area contributed by atoms with Crippen LogP contribution in [0.25, 0.3) is 0 Å². The number of hydrogen-bond donors (Lipinski definition) is 2. The Hall–Kier alpha value is -2.04. The maximum Gasteiger partial charge on any atom is 0.326 e. The predicted molar refractivity (Wildman–Crippen MR) is 66.3 cm³/mol. The third-order valence-corrected chi connectivity index (χ3v) is 3.24. The molecule has 1 aliphatic heterocycles. The fourth-order valence-electron chi connectivity index (χ4n) is 2.01. The Kier molecular flexibility index (Phi) is 3.23. The maximum absolute atomic E-state index is 11.7. The van der Waals surface area contributed by atoms with E-state index in [-0.39, 0.29) is 12.1 Å². The monoisotopic (exact) mass is 248 g/mol. The van der Waals surface area contributed by atoms with Gasteiger partial charge in [0, 0.05) is 6.54 Å². The van der Waals surface area contributed by atoms with E-state index >= 15 is 0 Å². The first-order valence-corrected chi connectivity index (χ1v) is 5.85. The minimum Gasteiger partial charge on any atom is -0.480 e. The predicted octanol–water partition coefficient (Wildman–Crippen LogP) is 1.53. The molecule has 2 N–H and O–H groups in total. The number of urea groups is 1. The van der Waals surface area contributed by atoms with Crippen LogP contribution in [0.3, 0.4) is 0 Å². The zero-order valence-corrected chi connectivity index (χ0v) is 10.4. The number of carbonyl (C=O) groups is 2. The fourth-order valence-corrected chi connectivity index (χ4v) is 2.01. The molecule has 1 aromatic carbocycles. The highest BCUT2D eigenvalue weighted by Gasteiger charge is 2.35. The lowest BCUT2D eigenvalue weighted by Crippen LogP contribution is -2.40. The van der Waals surface area contributed by atoms with Gasteiger partial charge in [-0.2, -0.15) is 0 Å². The molecule has 1 heterocycles. The van der Waals surface area contributed by atoms with Gasteiger partial charge in [-0.1, -0.05) is 29.8 Å². The summed E-state index contributed by atoms with van der Waals surface area (Å²) in [5.41, 5.74) is 2.15. The van der Waals surface area contributed by atoms with E-state index in [0.717, 1.165) is 11.1 Å².